The quantitative estimate of drug-likeness (QED) is 0.788. The van der Waals surface area contributed by atoms with E-state index < -0.39 is 12.1 Å². The molecule has 104 valence electrons. The fourth-order valence-corrected chi connectivity index (χ4v) is 2.65. The molecule has 1 aliphatic rings. The van der Waals surface area contributed by atoms with Crippen LogP contribution < -0.4 is 4.74 Å². The minimum Gasteiger partial charge on any atom is -0.496 e. The van der Waals surface area contributed by atoms with Crippen LogP contribution in [0, 0.1) is 0 Å². The summed E-state index contributed by atoms with van der Waals surface area (Å²) in [6, 6.07) is 3.46. The number of methoxy groups -OCH3 is 1. The van der Waals surface area contributed by atoms with Gasteiger partial charge in [0.1, 0.15) is 5.75 Å². The van der Waals surface area contributed by atoms with E-state index in [0.29, 0.717) is 22.2 Å². The molecule has 0 unspecified atom stereocenters. The zero-order valence-corrected chi connectivity index (χ0v) is 11.6. The van der Waals surface area contributed by atoms with Crippen LogP contribution in [-0.2, 0) is 17.8 Å². The lowest BCUT2D eigenvalue weighted by atomic mass is 9.98. The maximum Gasteiger partial charge on any atom is 0.471 e. The highest BCUT2D eigenvalue weighted by Crippen LogP contribution is 2.34. The summed E-state index contributed by atoms with van der Waals surface area (Å²) >= 11 is 3.30. The van der Waals surface area contributed by atoms with E-state index in [1.54, 1.807) is 12.1 Å². The predicted molar refractivity (Wildman–Crippen MR) is 65.9 cm³/mol. The third-order valence-electron chi connectivity index (χ3n) is 3.06. The molecule has 0 saturated carbocycles. The maximum absolute atomic E-state index is 12.4. The van der Waals surface area contributed by atoms with E-state index in [1.807, 2.05) is 0 Å². The van der Waals surface area contributed by atoms with E-state index in [0.717, 1.165) is 10.5 Å². The Labute approximate surface area is 116 Å². The van der Waals surface area contributed by atoms with Crippen LogP contribution in [-0.4, -0.2) is 30.6 Å². The molecule has 0 saturated heterocycles. The van der Waals surface area contributed by atoms with E-state index in [9.17, 15) is 18.0 Å². The normalized spacial score (nSPS) is 15.1. The highest BCUT2D eigenvalue weighted by molar-refractivity contribution is 9.10. The van der Waals surface area contributed by atoms with Crippen LogP contribution in [0.1, 0.15) is 11.1 Å². The molecule has 0 atom stereocenters. The molecular formula is C12H11BrF3NO2. The average Bonchev–Trinajstić information content (AvgIpc) is 2.37. The third kappa shape index (κ3) is 2.70. The summed E-state index contributed by atoms with van der Waals surface area (Å²) in [6.45, 7) is -0.0242. The smallest absolute Gasteiger partial charge is 0.471 e. The first kappa shape index (κ1) is 14.2. The molecule has 1 aromatic rings. The second kappa shape index (κ2) is 5.03. The predicted octanol–water partition coefficient (Wildman–Crippen LogP) is 2.90. The van der Waals surface area contributed by atoms with Gasteiger partial charge >= 0.3 is 12.1 Å². The molecule has 1 heterocycles. The van der Waals surface area contributed by atoms with Gasteiger partial charge in [-0.2, -0.15) is 13.2 Å². The highest BCUT2D eigenvalue weighted by Gasteiger charge is 2.43. The average molecular weight is 338 g/mol. The number of halogens is 4. The van der Waals surface area contributed by atoms with Gasteiger partial charge in [-0.15, -0.1) is 0 Å². The second-order valence-corrected chi connectivity index (χ2v) is 5.04. The van der Waals surface area contributed by atoms with Crippen LogP contribution in [0.25, 0.3) is 0 Å². The molecule has 0 bridgehead atoms. The van der Waals surface area contributed by atoms with Crippen molar-refractivity contribution in [1.82, 2.24) is 4.90 Å². The Morgan fingerprint density at radius 2 is 2.05 bits per heavy atom. The lowest BCUT2D eigenvalue weighted by molar-refractivity contribution is -0.186. The van der Waals surface area contributed by atoms with Gasteiger partial charge in [-0.1, -0.05) is 15.9 Å². The lowest BCUT2D eigenvalue weighted by Crippen LogP contribution is -2.43. The summed E-state index contributed by atoms with van der Waals surface area (Å²) < 4.78 is 43.2. The van der Waals surface area contributed by atoms with Crippen LogP contribution in [0.15, 0.2) is 16.6 Å². The minimum absolute atomic E-state index is 0.0398. The highest BCUT2D eigenvalue weighted by atomic mass is 79.9. The molecule has 0 N–H and O–H groups in total. The Bertz CT molecular complexity index is 516. The number of benzene rings is 1. The molecule has 0 aromatic heterocycles. The van der Waals surface area contributed by atoms with Gasteiger partial charge in [0.15, 0.2) is 0 Å². The van der Waals surface area contributed by atoms with Gasteiger partial charge in [0.2, 0.25) is 0 Å². The Morgan fingerprint density at radius 1 is 1.37 bits per heavy atom. The van der Waals surface area contributed by atoms with Gasteiger partial charge in [0.25, 0.3) is 0 Å². The maximum atomic E-state index is 12.4. The Hall–Kier alpha value is -1.24. The molecule has 0 aliphatic carbocycles. The molecular weight excluding hydrogens is 327 g/mol. The number of alkyl halides is 3. The summed E-state index contributed by atoms with van der Waals surface area (Å²) in [5.41, 5.74) is 1.52. The number of nitrogens with zero attached hydrogens (tertiary/aromatic N) is 1. The molecule has 2 rings (SSSR count). The van der Waals surface area contributed by atoms with Crippen molar-refractivity contribution in [2.75, 3.05) is 13.7 Å². The van der Waals surface area contributed by atoms with Gasteiger partial charge in [0.05, 0.1) is 7.11 Å². The summed E-state index contributed by atoms with van der Waals surface area (Å²) in [5.74, 6) is -1.16. The second-order valence-electron chi connectivity index (χ2n) is 4.18. The largest absolute Gasteiger partial charge is 0.496 e. The molecule has 1 aliphatic heterocycles. The molecule has 3 nitrogen and oxygen atoms in total. The summed E-state index contributed by atoms with van der Waals surface area (Å²) in [7, 11) is 1.51. The Balaban J connectivity index is 2.32. The van der Waals surface area contributed by atoms with Crippen LogP contribution in [0.4, 0.5) is 13.2 Å². The standard InChI is InChI=1S/C12H11BrF3NO2/c1-19-10-3-2-9(13)8-6-17(5-4-7(8)10)11(18)12(14,15)16/h2-3H,4-6H2,1H3. The number of hydrogen-bond acceptors (Lipinski definition) is 2. The first-order chi connectivity index (χ1) is 8.84. The third-order valence-corrected chi connectivity index (χ3v) is 3.80. The molecule has 1 aromatic carbocycles. The van der Waals surface area contributed by atoms with Crippen LogP contribution in [0.2, 0.25) is 0 Å². The molecule has 0 spiro atoms. The van der Waals surface area contributed by atoms with Crippen molar-refractivity contribution in [2.45, 2.75) is 19.1 Å². The number of rotatable bonds is 1. The van der Waals surface area contributed by atoms with Crippen molar-refractivity contribution >= 4 is 21.8 Å². The SMILES string of the molecule is COc1ccc(Br)c2c1CCN(C(=O)C(F)(F)F)C2. The van der Waals surface area contributed by atoms with Crippen molar-refractivity contribution < 1.29 is 22.7 Å². The molecule has 0 radical (unpaired) electrons. The first-order valence-corrected chi connectivity index (χ1v) is 6.34. The molecule has 7 heteroatoms. The van der Waals surface area contributed by atoms with Crippen molar-refractivity contribution in [3.63, 3.8) is 0 Å². The Morgan fingerprint density at radius 3 is 2.63 bits per heavy atom. The number of ether oxygens (including phenoxy) is 1. The number of fused-ring (bicyclic) bond motifs is 1. The van der Waals surface area contributed by atoms with Crippen LogP contribution in [0.3, 0.4) is 0 Å². The number of carbonyl (C=O) groups excluding carboxylic acids is 1. The van der Waals surface area contributed by atoms with Crippen molar-refractivity contribution in [3.05, 3.63) is 27.7 Å². The number of carbonyl (C=O) groups is 1. The van der Waals surface area contributed by atoms with Crippen molar-refractivity contribution in [1.29, 1.82) is 0 Å². The Kier molecular flexibility index (Phi) is 3.75. The number of hydrogen-bond donors (Lipinski definition) is 0. The monoisotopic (exact) mass is 337 g/mol. The zero-order valence-electron chi connectivity index (χ0n) is 10.1. The number of amides is 1. The lowest BCUT2D eigenvalue weighted by Gasteiger charge is -2.30. The van der Waals surface area contributed by atoms with E-state index >= 15 is 0 Å². The van der Waals surface area contributed by atoms with E-state index in [1.165, 1.54) is 7.11 Å². The summed E-state index contributed by atoms with van der Waals surface area (Å²) in [4.78, 5) is 12.1. The minimum atomic E-state index is -4.83. The fraction of sp³-hybridized carbons (Fsp3) is 0.417. The van der Waals surface area contributed by atoms with Crippen molar-refractivity contribution in [2.24, 2.45) is 0 Å². The van der Waals surface area contributed by atoms with Crippen molar-refractivity contribution in [3.8, 4) is 5.75 Å². The fourth-order valence-electron chi connectivity index (χ4n) is 2.15. The summed E-state index contributed by atoms with van der Waals surface area (Å²) in [6.07, 6.45) is -4.48. The molecule has 0 fully saturated rings. The van der Waals surface area contributed by atoms with Gasteiger partial charge in [-0.25, -0.2) is 0 Å². The van der Waals surface area contributed by atoms with E-state index in [2.05, 4.69) is 15.9 Å². The van der Waals surface area contributed by atoms with Crippen LogP contribution in [0.5, 0.6) is 5.75 Å². The topological polar surface area (TPSA) is 29.5 Å². The summed E-state index contributed by atoms with van der Waals surface area (Å²) in [5, 5.41) is 0. The van der Waals surface area contributed by atoms with Gasteiger partial charge in [-0.3, -0.25) is 4.79 Å². The van der Waals surface area contributed by atoms with Gasteiger partial charge < -0.3 is 9.64 Å². The first-order valence-electron chi connectivity index (χ1n) is 5.55. The molecule has 1 amide bonds. The zero-order chi connectivity index (χ0) is 14.2. The van der Waals surface area contributed by atoms with E-state index in [-0.39, 0.29) is 13.1 Å². The molecule has 19 heavy (non-hydrogen) atoms. The van der Waals surface area contributed by atoms with Crippen LogP contribution >= 0.6 is 15.9 Å². The van der Waals surface area contributed by atoms with Gasteiger partial charge in [0, 0.05) is 23.1 Å². The van der Waals surface area contributed by atoms with E-state index in [4.69, 9.17) is 4.74 Å². The van der Waals surface area contributed by atoms with Gasteiger partial charge in [-0.05, 0) is 24.1 Å².